The zero-order valence-electron chi connectivity index (χ0n) is 12.6. The van der Waals surface area contributed by atoms with Crippen LogP contribution in [0.25, 0.3) is 0 Å². The van der Waals surface area contributed by atoms with Crippen LogP contribution < -0.4 is 5.73 Å². The van der Waals surface area contributed by atoms with Crippen molar-refractivity contribution in [3.05, 3.63) is 23.5 Å². The van der Waals surface area contributed by atoms with Crippen LogP contribution in [-0.2, 0) is 10.0 Å². The van der Waals surface area contributed by atoms with Crippen LogP contribution in [0.5, 0.6) is 0 Å². The summed E-state index contributed by atoms with van der Waals surface area (Å²) in [6, 6.07) is 2.54. The van der Waals surface area contributed by atoms with E-state index in [2.05, 4.69) is 11.8 Å². The topological polar surface area (TPSA) is 66.6 Å². The van der Waals surface area contributed by atoms with E-state index in [1.54, 1.807) is 0 Å². The Morgan fingerprint density at radius 2 is 2.05 bits per heavy atom. The van der Waals surface area contributed by atoms with Crippen molar-refractivity contribution in [2.24, 2.45) is 0 Å². The van der Waals surface area contributed by atoms with Crippen LogP contribution in [0, 0.1) is 12.7 Å². The summed E-state index contributed by atoms with van der Waals surface area (Å²) in [4.78, 5) is 2.15. The van der Waals surface area contributed by atoms with E-state index in [9.17, 15) is 12.8 Å². The minimum atomic E-state index is -3.70. The Kier molecular flexibility index (Phi) is 4.55. The third-order valence-electron chi connectivity index (χ3n) is 4.13. The molecule has 21 heavy (non-hydrogen) atoms. The zero-order chi connectivity index (χ0) is 15.8. The van der Waals surface area contributed by atoms with Crippen LogP contribution >= 0.6 is 0 Å². The van der Waals surface area contributed by atoms with Crippen molar-refractivity contribution in [3.63, 3.8) is 0 Å². The molecule has 1 saturated heterocycles. The molecule has 2 N–H and O–H groups in total. The molecule has 1 unspecified atom stereocenters. The molecule has 1 heterocycles. The van der Waals surface area contributed by atoms with Crippen molar-refractivity contribution in [1.82, 2.24) is 9.21 Å². The van der Waals surface area contributed by atoms with Gasteiger partial charge in [-0.3, -0.25) is 4.90 Å². The van der Waals surface area contributed by atoms with Crippen molar-refractivity contribution in [2.45, 2.75) is 31.7 Å². The van der Waals surface area contributed by atoms with Crippen molar-refractivity contribution in [1.29, 1.82) is 0 Å². The molecule has 0 saturated carbocycles. The number of sulfonamides is 1. The summed E-state index contributed by atoms with van der Waals surface area (Å²) < 4.78 is 40.4. The van der Waals surface area contributed by atoms with E-state index in [1.807, 2.05) is 6.92 Å². The Balaban J connectivity index is 2.31. The Bertz CT molecular complexity index is 610. The third kappa shape index (κ3) is 3.04. The number of hydrogen-bond donors (Lipinski definition) is 1. The molecule has 7 heteroatoms. The molecular weight excluding hydrogens is 293 g/mol. The number of hydrogen-bond acceptors (Lipinski definition) is 4. The minimum absolute atomic E-state index is 0.0692. The molecule has 0 bridgehead atoms. The number of benzene rings is 1. The first kappa shape index (κ1) is 16.2. The molecule has 1 fully saturated rings. The lowest BCUT2D eigenvalue weighted by molar-refractivity contribution is 0.135. The molecule has 1 atom stereocenters. The molecule has 2 rings (SSSR count). The molecule has 1 aromatic rings. The molecule has 0 aliphatic carbocycles. The van der Waals surface area contributed by atoms with Gasteiger partial charge in [0.25, 0.3) is 0 Å². The van der Waals surface area contributed by atoms with Gasteiger partial charge in [0, 0.05) is 36.9 Å². The monoisotopic (exact) mass is 315 g/mol. The Labute approximate surface area is 125 Å². The summed E-state index contributed by atoms with van der Waals surface area (Å²) in [6.45, 7) is 7.97. The maximum Gasteiger partial charge on any atom is 0.243 e. The molecular formula is C14H22FN3O2S. The summed E-state index contributed by atoms with van der Waals surface area (Å²) in [5.74, 6) is -0.589. The van der Waals surface area contributed by atoms with E-state index in [0.29, 0.717) is 19.6 Å². The second-order valence-corrected chi connectivity index (χ2v) is 7.40. The second kappa shape index (κ2) is 5.90. The van der Waals surface area contributed by atoms with Crippen molar-refractivity contribution >= 4 is 15.7 Å². The maximum absolute atomic E-state index is 13.8. The number of rotatable bonds is 3. The van der Waals surface area contributed by atoms with Crippen molar-refractivity contribution in [3.8, 4) is 0 Å². The van der Waals surface area contributed by atoms with E-state index in [4.69, 9.17) is 5.73 Å². The van der Waals surface area contributed by atoms with E-state index in [0.717, 1.165) is 12.6 Å². The molecule has 5 nitrogen and oxygen atoms in total. The lowest BCUT2D eigenvalue weighted by Gasteiger charge is -2.38. The van der Waals surface area contributed by atoms with Gasteiger partial charge in [-0.1, -0.05) is 6.92 Å². The fourth-order valence-corrected chi connectivity index (χ4v) is 4.18. The predicted molar refractivity (Wildman–Crippen MR) is 81.0 cm³/mol. The van der Waals surface area contributed by atoms with Crippen LogP contribution in [0.1, 0.15) is 19.4 Å². The number of nitrogen functional groups attached to an aromatic ring is 1. The molecule has 1 aliphatic heterocycles. The number of nitrogens with zero attached hydrogens (tertiary/aromatic N) is 2. The quantitative estimate of drug-likeness (QED) is 0.857. The Morgan fingerprint density at radius 1 is 1.38 bits per heavy atom. The number of anilines is 1. The smallest absolute Gasteiger partial charge is 0.243 e. The Hall–Kier alpha value is -1.18. The number of likely N-dealkylation sites (N-methyl/N-ethyl adjacent to an activating group) is 1. The molecule has 1 aliphatic rings. The fourth-order valence-electron chi connectivity index (χ4n) is 2.62. The van der Waals surface area contributed by atoms with Gasteiger partial charge < -0.3 is 5.73 Å². The van der Waals surface area contributed by atoms with Gasteiger partial charge in [-0.25, -0.2) is 12.8 Å². The van der Waals surface area contributed by atoms with Gasteiger partial charge in [0.2, 0.25) is 10.0 Å². The maximum atomic E-state index is 13.8. The van der Waals surface area contributed by atoms with Crippen LogP contribution in [0.3, 0.4) is 0 Å². The standard InChI is InChI=1S/C14H22FN3O2S/c1-4-17-5-6-18(9-10(17)2)21(19,20)12-7-13(15)11(3)14(16)8-12/h7-8,10H,4-6,9,16H2,1-3H3. The SMILES string of the molecule is CCN1CCN(S(=O)(=O)c2cc(N)c(C)c(F)c2)CC1C. The molecule has 0 radical (unpaired) electrons. The molecule has 1 aromatic carbocycles. The second-order valence-electron chi connectivity index (χ2n) is 5.46. The van der Waals surface area contributed by atoms with Crippen LogP contribution in [0.2, 0.25) is 0 Å². The van der Waals surface area contributed by atoms with E-state index >= 15 is 0 Å². The third-order valence-corrected chi connectivity index (χ3v) is 5.97. The predicted octanol–water partition coefficient (Wildman–Crippen LogP) is 1.43. The number of nitrogens with two attached hydrogens (primary N) is 1. The number of piperazine rings is 1. The first-order chi connectivity index (χ1) is 9.77. The summed E-state index contributed by atoms with van der Waals surface area (Å²) in [6.07, 6.45) is 0. The van der Waals surface area contributed by atoms with Gasteiger partial charge >= 0.3 is 0 Å². The van der Waals surface area contributed by atoms with E-state index in [1.165, 1.54) is 17.3 Å². The van der Waals surface area contributed by atoms with Crippen molar-refractivity contribution in [2.75, 3.05) is 31.9 Å². The van der Waals surface area contributed by atoms with Gasteiger partial charge in [0.1, 0.15) is 5.82 Å². The first-order valence-electron chi connectivity index (χ1n) is 7.07. The molecule has 118 valence electrons. The largest absolute Gasteiger partial charge is 0.398 e. The van der Waals surface area contributed by atoms with Gasteiger partial charge in [-0.05, 0) is 32.5 Å². The highest BCUT2D eigenvalue weighted by Gasteiger charge is 2.32. The highest BCUT2D eigenvalue weighted by Crippen LogP contribution is 2.25. The van der Waals surface area contributed by atoms with Gasteiger partial charge in [-0.15, -0.1) is 0 Å². The molecule has 0 spiro atoms. The highest BCUT2D eigenvalue weighted by molar-refractivity contribution is 7.89. The van der Waals surface area contributed by atoms with Crippen LogP contribution in [-0.4, -0.2) is 49.8 Å². The summed E-state index contributed by atoms with van der Waals surface area (Å²) in [5.41, 5.74) is 6.12. The van der Waals surface area contributed by atoms with Gasteiger partial charge in [-0.2, -0.15) is 4.31 Å². The summed E-state index contributed by atoms with van der Waals surface area (Å²) in [7, 11) is -3.70. The van der Waals surface area contributed by atoms with E-state index < -0.39 is 15.8 Å². The van der Waals surface area contributed by atoms with Gasteiger partial charge in [0.05, 0.1) is 4.90 Å². The van der Waals surface area contributed by atoms with Crippen LogP contribution in [0.15, 0.2) is 17.0 Å². The minimum Gasteiger partial charge on any atom is -0.398 e. The van der Waals surface area contributed by atoms with Crippen molar-refractivity contribution < 1.29 is 12.8 Å². The average Bonchev–Trinajstić information content (AvgIpc) is 2.44. The van der Waals surface area contributed by atoms with Crippen LogP contribution in [0.4, 0.5) is 10.1 Å². The number of halogens is 1. The summed E-state index contributed by atoms with van der Waals surface area (Å²) in [5, 5.41) is 0. The molecule has 0 amide bonds. The lowest BCUT2D eigenvalue weighted by Crippen LogP contribution is -2.53. The molecule has 0 aromatic heterocycles. The highest BCUT2D eigenvalue weighted by atomic mass is 32.2. The van der Waals surface area contributed by atoms with Gasteiger partial charge in [0.15, 0.2) is 0 Å². The Morgan fingerprint density at radius 3 is 2.57 bits per heavy atom. The zero-order valence-corrected chi connectivity index (χ0v) is 13.5. The lowest BCUT2D eigenvalue weighted by atomic mass is 10.2. The van der Waals surface area contributed by atoms with E-state index in [-0.39, 0.29) is 22.2 Å². The fraction of sp³-hybridized carbons (Fsp3) is 0.571. The first-order valence-corrected chi connectivity index (χ1v) is 8.51. The normalized spacial score (nSPS) is 21.6. The average molecular weight is 315 g/mol. The summed E-state index contributed by atoms with van der Waals surface area (Å²) >= 11 is 0.